The minimum Gasteiger partial charge on any atom is -0.381 e. The fraction of sp³-hybridized carbons (Fsp3) is 0.409. The number of anilines is 2. The van der Waals surface area contributed by atoms with Gasteiger partial charge in [0.15, 0.2) is 0 Å². The van der Waals surface area contributed by atoms with Crippen LogP contribution in [0.1, 0.15) is 25.3 Å². The summed E-state index contributed by atoms with van der Waals surface area (Å²) in [6.45, 7) is 5.11. The van der Waals surface area contributed by atoms with Crippen LogP contribution in [0.15, 0.2) is 54.6 Å². The van der Waals surface area contributed by atoms with Gasteiger partial charge in [0, 0.05) is 44.2 Å². The average molecular weight is 367 g/mol. The first-order chi connectivity index (χ1) is 13.2. The van der Waals surface area contributed by atoms with E-state index in [4.69, 9.17) is 10.5 Å². The van der Waals surface area contributed by atoms with Gasteiger partial charge in [-0.25, -0.2) is 0 Å². The smallest absolute Gasteiger partial charge is 0.227 e. The van der Waals surface area contributed by atoms with Crippen molar-refractivity contribution in [1.82, 2.24) is 5.32 Å². The van der Waals surface area contributed by atoms with Crippen LogP contribution in [0, 0.1) is 5.41 Å². The fourth-order valence-corrected chi connectivity index (χ4v) is 3.57. The number of para-hydroxylation sites is 1. The van der Waals surface area contributed by atoms with E-state index >= 15 is 0 Å². The first kappa shape index (κ1) is 19.4. The zero-order chi connectivity index (χ0) is 19.1. The van der Waals surface area contributed by atoms with Crippen LogP contribution in [0.5, 0.6) is 0 Å². The van der Waals surface area contributed by atoms with Gasteiger partial charge in [-0.1, -0.05) is 30.3 Å². The Morgan fingerprint density at radius 2 is 1.70 bits per heavy atom. The first-order valence-electron chi connectivity index (χ1n) is 9.66. The normalized spacial score (nSPS) is 15.9. The summed E-state index contributed by atoms with van der Waals surface area (Å²) in [6.07, 6.45) is 1.38. The highest BCUT2D eigenvalue weighted by molar-refractivity contribution is 5.83. The van der Waals surface area contributed by atoms with Crippen molar-refractivity contribution in [3.63, 3.8) is 0 Å². The predicted octanol–water partition coefficient (Wildman–Crippen LogP) is 3.22. The topological polar surface area (TPSA) is 67.6 Å². The van der Waals surface area contributed by atoms with Gasteiger partial charge in [0.2, 0.25) is 5.91 Å². The molecule has 2 aromatic carbocycles. The number of nitrogens with two attached hydrogens (primary N) is 1. The third-order valence-corrected chi connectivity index (χ3v) is 5.41. The molecule has 1 amide bonds. The van der Waals surface area contributed by atoms with E-state index in [1.807, 2.05) is 18.2 Å². The van der Waals surface area contributed by atoms with Gasteiger partial charge in [0.05, 0.1) is 5.41 Å². The van der Waals surface area contributed by atoms with E-state index < -0.39 is 5.41 Å². The maximum atomic E-state index is 12.7. The molecule has 0 aliphatic carbocycles. The second kappa shape index (κ2) is 9.02. The van der Waals surface area contributed by atoms with E-state index in [9.17, 15) is 4.79 Å². The summed E-state index contributed by atoms with van der Waals surface area (Å²) in [7, 11) is 0. The van der Waals surface area contributed by atoms with Crippen molar-refractivity contribution in [2.75, 3.05) is 31.2 Å². The number of hydrogen-bond donors (Lipinski definition) is 2. The summed E-state index contributed by atoms with van der Waals surface area (Å²) in [6, 6.07) is 18.7. The van der Waals surface area contributed by atoms with Gasteiger partial charge in [-0.05, 0) is 49.6 Å². The van der Waals surface area contributed by atoms with Gasteiger partial charge in [-0.2, -0.15) is 0 Å². The quantitative estimate of drug-likeness (QED) is 0.788. The van der Waals surface area contributed by atoms with Crippen molar-refractivity contribution in [3.05, 3.63) is 60.2 Å². The van der Waals surface area contributed by atoms with E-state index in [2.05, 4.69) is 53.5 Å². The molecule has 1 fully saturated rings. The Hall–Kier alpha value is -2.37. The molecular weight excluding hydrogens is 338 g/mol. The molecule has 1 aliphatic rings. The molecule has 0 spiro atoms. The van der Waals surface area contributed by atoms with Crippen LogP contribution >= 0.6 is 0 Å². The van der Waals surface area contributed by atoms with Crippen LogP contribution in [0.4, 0.5) is 11.4 Å². The summed E-state index contributed by atoms with van der Waals surface area (Å²) in [5.74, 6) is 0.0387. The zero-order valence-corrected chi connectivity index (χ0v) is 16.0. The molecule has 0 aromatic heterocycles. The van der Waals surface area contributed by atoms with Crippen molar-refractivity contribution in [2.45, 2.75) is 26.3 Å². The number of carbonyl (C=O) groups excluding carboxylic acids is 1. The maximum Gasteiger partial charge on any atom is 0.227 e. The minimum atomic E-state index is -0.482. The van der Waals surface area contributed by atoms with Crippen molar-refractivity contribution in [3.8, 4) is 0 Å². The SMILES string of the molecule is CCN(c1ccccc1)c1ccc(CNC(=O)C2(CN)CCOCC2)cc1. The Balaban J connectivity index is 1.63. The van der Waals surface area contributed by atoms with Crippen molar-refractivity contribution in [2.24, 2.45) is 11.1 Å². The molecule has 144 valence electrons. The van der Waals surface area contributed by atoms with Crippen molar-refractivity contribution in [1.29, 1.82) is 0 Å². The van der Waals surface area contributed by atoms with Gasteiger partial charge in [-0.3, -0.25) is 4.79 Å². The monoisotopic (exact) mass is 367 g/mol. The Bertz CT molecular complexity index is 725. The van der Waals surface area contributed by atoms with Crippen LogP contribution in [-0.2, 0) is 16.1 Å². The molecule has 2 aromatic rings. The van der Waals surface area contributed by atoms with E-state index in [0.717, 1.165) is 17.8 Å². The van der Waals surface area contributed by atoms with Crippen LogP contribution in [0.25, 0.3) is 0 Å². The Morgan fingerprint density at radius 1 is 1.07 bits per heavy atom. The lowest BCUT2D eigenvalue weighted by molar-refractivity contribution is -0.136. The van der Waals surface area contributed by atoms with E-state index in [-0.39, 0.29) is 5.91 Å². The molecule has 1 aliphatic heterocycles. The van der Waals surface area contributed by atoms with Crippen LogP contribution in [0.2, 0.25) is 0 Å². The molecule has 0 radical (unpaired) electrons. The van der Waals surface area contributed by atoms with Gasteiger partial charge in [-0.15, -0.1) is 0 Å². The van der Waals surface area contributed by atoms with E-state index in [1.54, 1.807) is 0 Å². The molecule has 0 saturated carbocycles. The molecule has 5 heteroatoms. The lowest BCUT2D eigenvalue weighted by Crippen LogP contribution is -2.48. The van der Waals surface area contributed by atoms with Gasteiger partial charge >= 0.3 is 0 Å². The second-order valence-corrected chi connectivity index (χ2v) is 7.03. The molecule has 0 bridgehead atoms. The summed E-state index contributed by atoms with van der Waals surface area (Å²) in [4.78, 5) is 14.9. The van der Waals surface area contributed by atoms with Crippen molar-refractivity contribution >= 4 is 17.3 Å². The highest BCUT2D eigenvalue weighted by atomic mass is 16.5. The molecule has 3 N–H and O–H groups in total. The molecule has 1 saturated heterocycles. The van der Waals surface area contributed by atoms with Gasteiger partial charge < -0.3 is 20.7 Å². The second-order valence-electron chi connectivity index (χ2n) is 7.03. The Kier molecular flexibility index (Phi) is 6.48. The van der Waals surface area contributed by atoms with Gasteiger partial charge in [0.25, 0.3) is 0 Å². The van der Waals surface area contributed by atoms with E-state index in [0.29, 0.717) is 39.1 Å². The molecule has 27 heavy (non-hydrogen) atoms. The van der Waals surface area contributed by atoms with Crippen molar-refractivity contribution < 1.29 is 9.53 Å². The molecular formula is C22H29N3O2. The van der Waals surface area contributed by atoms with Crippen LogP contribution < -0.4 is 16.0 Å². The van der Waals surface area contributed by atoms with Crippen LogP contribution in [-0.4, -0.2) is 32.2 Å². The number of benzene rings is 2. The van der Waals surface area contributed by atoms with Crippen LogP contribution in [0.3, 0.4) is 0 Å². The standard InChI is InChI=1S/C22H29N3O2/c1-2-25(19-6-4-3-5-7-19)20-10-8-18(9-11-20)16-24-21(26)22(17-23)12-14-27-15-13-22/h3-11H,2,12-17,23H2,1H3,(H,24,26). The Morgan fingerprint density at radius 3 is 2.30 bits per heavy atom. The predicted molar refractivity (Wildman–Crippen MR) is 109 cm³/mol. The number of carbonyl (C=O) groups is 1. The summed E-state index contributed by atoms with van der Waals surface area (Å²) in [5.41, 5.74) is 8.82. The van der Waals surface area contributed by atoms with E-state index in [1.165, 1.54) is 5.69 Å². The molecule has 0 unspecified atom stereocenters. The summed E-state index contributed by atoms with van der Waals surface area (Å²) in [5, 5.41) is 3.07. The minimum absolute atomic E-state index is 0.0387. The fourth-order valence-electron chi connectivity index (χ4n) is 3.57. The number of nitrogens with one attached hydrogen (secondary N) is 1. The molecule has 0 atom stereocenters. The summed E-state index contributed by atoms with van der Waals surface area (Å²) >= 11 is 0. The number of ether oxygens (including phenoxy) is 1. The number of amides is 1. The molecule has 3 rings (SSSR count). The third-order valence-electron chi connectivity index (χ3n) is 5.41. The summed E-state index contributed by atoms with van der Waals surface area (Å²) < 4.78 is 5.38. The molecule has 1 heterocycles. The third kappa shape index (κ3) is 4.49. The average Bonchev–Trinajstić information content (AvgIpc) is 2.74. The first-order valence-corrected chi connectivity index (χ1v) is 9.66. The lowest BCUT2D eigenvalue weighted by Gasteiger charge is -2.34. The highest BCUT2D eigenvalue weighted by Crippen LogP contribution is 2.30. The number of hydrogen-bond acceptors (Lipinski definition) is 4. The number of rotatable bonds is 7. The zero-order valence-electron chi connectivity index (χ0n) is 16.0. The van der Waals surface area contributed by atoms with Gasteiger partial charge in [0.1, 0.15) is 0 Å². The highest BCUT2D eigenvalue weighted by Gasteiger charge is 2.38. The maximum absolute atomic E-state index is 12.7. The molecule has 5 nitrogen and oxygen atoms in total. The Labute approximate surface area is 161 Å². The number of nitrogens with zero attached hydrogens (tertiary/aromatic N) is 1. The largest absolute Gasteiger partial charge is 0.381 e. The lowest BCUT2D eigenvalue weighted by atomic mass is 9.79.